The van der Waals surface area contributed by atoms with Gasteiger partial charge in [-0.05, 0) is 32.6 Å². The molecule has 3 saturated carbocycles. The van der Waals surface area contributed by atoms with Crippen LogP contribution in [-0.2, 0) is 14.3 Å². The molecule has 0 aliphatic heterocycles. The van der Waals surface area contributed by atoms with Crippen molar-refractivity contribution in [2.24, 2.45) is 11.3 Å². The van der Waals surface area contributed by atoms with Crippen molar-refractivity contribution in [1.82, 2.24) is 0 Å². The maximum atomic E-state index is 12.3. The molecule has 0 amide bonds. The summed E-state index contributed by atoms with van der Waals surface area (Å²) in [5.41, 5.74) is -1.10. The SMILES string of the molecule is CC(=O)OC1(C)C(=O)C2(C)CCC1CC2. The molecule has 3 fully saturated rings. The average molecular weight is 210 g/mol. The standard InChI is InChI=1S/C12H18O3/c1-8(13)15-12(3)9-4-6-11(2,7-5-9)10(12)14/h9H,4-7H2,1-3H3. The van der Waals surface area contributed by atoms with E-state index in [0.29, 0.717) is 0 Å². The van der Waals surface area contributed by atoms with Crippen LogP contribution in [0.4, 0.5) is 0 Å². The van der Waals surface area contributed by atoms with E-state index in [1.54, 1.807) is 6.92 Å². The fourth-order valence-electron chi connectivity index (χ4n) is 3.25. The molecule has 3 aliphatic carbocycles. The maximum Gasteiger partial charge on any atom is 0.303 e. The van der Waals surface area contributed by atoms with Gasteiger partial charge in [-0.15, -0.1) is 0 Å². The number of ether oxygens (including phenoxy) is 1. The summed E-state index contributed by atoms with van der Waals surface area (Å²) < 4.78 is 5.30. The van der Waals surface area contributed by atoms with Gasteiger partial charge in [-0.1, -0.05) is 6.92 Å². The summed E-state index contributed by atoms with van der Waals surface area (Å²) in [4.78, 5) is 23.4. The number of carbonyl (C=O) groups excluding carboxylic acids is 2. The zero-order valence-corrected chi connectivity index (χ0v) is 9.63. The van der Waals surface area contributed by atoms with Gasteiger partial charge in [0.25, 0.3) is 0 Å². The smallest absolute Gasteiger partial charge is 0.303 e. The van der Waals surface area contributed by atoms with Crippen LogP contribution in [0.1, 0.15) is 46.5 Å². The Morgan fingerprint density at radius 2 is 1.87 bits per heavy atom. The molecule has 15 heavy (non-hydrogen) atoms. The first-order valence-electron chi connectivity index (χ1n) is 5.63. The molecular weight excluding hydrogens is 192 g/mol. The quantitative estimate of drug-likeness (QED) is 0.622. The van der Waals surface area contributed by atoms with Crippen molar-refractivity contribution in [1.29, 1.82) is 0 Å². The van der Waals surface area contributed by atoms with Crippen LogP contribution in [0, 0.1) is 11.3 Å². The number of Topliss-reactive ketones (excluding diaryl/α,β-unsaturated/α-hetero) is 1. The van der Waals surface area contributed by atoms with Crippen LogP contribution in [0.25, 0.3) is 0 Å². The molecule has 0 saturated heterocycles. The second-order valence-corrected chi connectivity index (χ2v) is 5.36. The van der Waals surface area contributed by atoms with Crippen molar-refractivity contribution >= 4 is 11.8 Å². The fraction of sp³-hybridized carbons (Fsp3) is 0.833. The number of hydrogen-bond acceptors (Lipinski definition) is 3. The van der Waals surface area contributed by atoms with Crippen molar-refractivity contribution in [3.8, 4) is 0 Å². The molecule has 84 valence electrons. The Kier molecular flexibility index (Phi) is 2.18. The van der Waals surface area contributed by atoms with Crippen LogP contribution in [0.5, 0.6) is 0 Å². The van der Waals surface area contributed by atoms with Gasteiger partial charge in [0, 0.05) is 18.3 Å². The van der Waals surface area contributed by atoms with Crippen LogP contribution in [-0.4, -0.2) is 17.4 Å². The predicted octanol–water partition coefficient (Wildman–Crippen LogP) is 2.09. The third-order valence-corrected chi connectivity index (χ3v) is 4.22. The summed E-state index contributed by atoms with van der Waals surface area (Å²) in [5, 5.41) is 0. The molecule has 0 radical (unpaired) electrons. The highest BCUT2D eigenvalue weighted by Crippen LogP contribution is 2.53. The van der Waals surface area contributed by atoms with Crippen molar-refractivity contribution in [2.45, 2.75) is 52.1 Å². The summed E-state index contributed by atoms with van der Waals surface area (Å²) in [6.07, 6.45) is 3.92. The highest BCUT2D eigenvalue weighted by Gasteiger charge is 2.59. The second kappa shape index (κ2) is 3.06. The molecule has 2 bridgehead atoms. The van der Waals surface area contributed by atoms with Gasteiger partial charge in [-0.3, -0.25) is 9.59 Å². The average Bonchev–Trinajstić information content (AvgIpc) is 2.14. The number of rotatable bonds is 1. The highest BCUT2D eigenvalue weighted by atomic mass is 16.6. The number of hydrogen-bond donors (Lipinski definition) is 0. The van der Waals surface area contributed by atoms with E-state index in [1.165, 1.54) is 6.92 Å². The Hall–Kier alpha value is -0.860. The number of esters is 1. The number of ketones is 1. The van der Waals surface area contributed by atoms with Gasteiger partial charge < -0.3 is 4.74 Å². The largest absolute Gasteiger partial charge is 0.451 e. The first kappa shape index (κ1) is 10.7. The van der Waals surface area contributed by atoms with Crippen LogP contribution in [0.3, 0.4) is 0 Å². The Labute approximate surface area is 90.2 Å². The van der Waals surface area contributed by atoms with E-state index < -0.39 is 5.60 Å². The zero-order valence-electron chi connectivity index (χ0n) is 9.63. The van der Waals surface area contributed by atoms with Gasteiger partial charge >= 0.3 is 5.97 Å². The normalized spacial score (nSPS) is 44.2. The van der Waals surface area contributed by atoms with E-state index in [4.69, 9.17) is 4.74 Å². The van der Waals surface area contributed by atoms with Gasteiger partial charge in [0.2, 0.25) is 0 Å². The lowest BCUT2D eigenvalue weighted by Crippen LogP contribution is -2.60. The molecule has 1 atom stereocenters. The monoisotopic (exact) mass is 210 g/mol. The van der Waals surface area contributed by atoms with Crippen molar-refractivity contribution in [3.05, 3.63) is 0 Å². The minimum atomic E-state index is -0.850. The fourth-order valence-corrected chi connectivity index (χ4v) is 3.25. The summed E-state index contributed by atoms with van der Waals surface area (Å²) >= 11 is 0. The molecule has 3 nitrogen and oxygen atoms in total. The van der Waals surface area contributed by atoms with Gasteiger partial charge in [0.05, 0.1) is 0 Å². The Balaban J connectivity index is 2.32. The first-order chi connectivity index (χ1) is 6.88. The van der Waals surface area contributed by atoms with Crippen LogP contribution < -0.4 is 0 Å². The summed E-state index contributed by atoms with van der Waals surface area (Å²) in [6.45, 7) is 5.17. The van der Waals surface area contributed by atoms with E-state index in [0.717, 1.165) is 25.7 Å². The van der Waals surface area contributed by atoms with E-state index in [9.17, 15) is 9.59 Å². The van der Waals surface area contributed by atoms with Crippen molar-refractivity contribution in [3.63, 3.8) is 0 Å². The van der Waals surface area contributed by atoms with Crippen LogP contribution in [0.15, 0.2) is 0 Å². The third kappa shape index (κ3) is 1.40. The van der Waals surface area contributed by atoms with Crippen molar-refractivity contribution < 1.29 is 14.3 Å². The third-order valence-electron chi connectivity index (χ3n) is 4.22. The number of carbonyl (C=O) groups is 2. The van der Waals surface area contributed by atoms with Gasteiger partial charge in [-0.25, -0.2) is 0 Å². The first-order valence-corrected chi connectivity index (χ1v) is 5.63. The molecule has 0 aromatic carbocycles. The van der Waals surface area contributed by atoms with E-state index in [1.807, 2.05) is 6.92 Å². The summed E-state index contributed by atoms with van der Waals surface area (Å²) in [6, 6.07) is 0. The minimum absolute atomic E-state index is 0.132. The molecule has 0 spiro atoms. The van der Waals surface area contributed by atoms with Gasteiger partial charge in [0.15, 0.2) is 11.4 Å². The molecule has 0 aromatic heterocycles. The highest BCUT2D eigenvalue weighted by molar-refractivity contribution is 5.95. The van der Waals surface area contributed by atoms with E-state index in [-0.39, 0.29) is 23.1 Å². The maximum absolute atomic E-state index is 12.3. The minimum Gasteiger partial charge on any atom is -0.451 e. The number of fused-ring (bicyclic) bond motifs is 3. The van der Waals surface area contributed by atoms with E-state index >= 15 is 0 Å². The second-order valence-electron chi connectivity index (χ2n) is 5.36. The van der Waals surface area contributed by atoms with Crippen molar-refractivity contribution in [2.75, 3.05) is 0 Å². The molecule has 3 aliphatic rings. The molecule has 3 heteroatoms. The summed E-state index contributed by atoms with van der Waals surface area (Å²) in [5.74, 6) is 0.0189. The Morgan fingerprint density at radius 1 is 1.33 bits per heavy atom. The lowest BCUT2D eigenvalue weighted by atomic mass is 9.54. The molecular formula is C12H18O3. The predicted molar refractivity (Wildman–Crippen MR) is 55.2 cm³/mol. The lowest BCUT2D eigenvalue weighted by molar-refractivity contribution is -0.188. The zero-order chi connectivity index (χ0) is 11.3. The Bertz CT molecular complexity index is 313. The molecule has 3 rings (SSSR count). The molecule has 0 N–H and O–H groups in total. The lowest BCUT2D eigenvalue weighted by Gasteiger charge is -2.52. The van der Waals surface area contributed by atoms with Crippen LogP contribution in [0.2, 0.25) is 0 Å². The molecule has 0 heterocycles. The molecule has 1 unspecified atom stereocenters. The van der Waals surface area contributed by atoms with Crippen LogP contribution >= 0.6 is 0 Å². The Morgan fingerprint density at radius 3 is 2.33 bits per heavy atom. The topological polar surface area (TPSA) is 43.4 Å². The molecule has 0 aromatic rings. The summed E-state index contributed by atoms with van der Waals surface area (Å²) in [7, 11) is 0. The van der Waals surface area contributed by atoms with Gasteiger partial charge in [-0.2, -0.15) is 0 Å². The van der Waals surface area contributed by atoms with Gasteiger partial charge in [0.1, 0.15) is 0 Å². The van der Waals surface area contributed by atoms with E-state index in [2.05, 4.69) is 0 Å².